The summed E-state index contributed by atoms with van der Waals surface area (Å²) in [5.74, 6) is -0.986. The summed E-state index contributed by atoms with van der Waals surface area (Å²) >= 11 is 0. The molecule has 2 rings (SSSR count). The molecule has 2 N–H and O–H groups in total. The van der Waals surface area contributed by atoms with Crippen LogP contribution in [0.15, 0.2) is 18.5 Å². The van der Waals surface area contributed by atoms with E-state index in [1.807, 2.05) is 6.07 Å². The van der Waals surface area contributed by atoms with Crippen LogP contribution in [0.3, 0.4) is 0 Å². The van der Waals surface area contributed by atoms with Crippen molar-refractivity contribution in [2.75, 3.05) is 0 Å². The highest BCUT2D eigenvalue weighted by Crippen LogP contribution is 2.18. The zero-order chi connectivity index (χ0) is 9.42. The summed E-state index contributed by atoms with van der Waals surface area (Å²) in [4.78, 5) is 17.5. The van der Waals surface area contributed by atoms with E-state index in [0.717, 1.165) is 10.9 Å². The monoisotopic (exact) mass is 176 g/mol. The van der Waals surface area contributed by atoms with Crippen molar-refractivity contribution in [1.82, 2.24) is 9.97 Å². The summed E-state index contributed by atoms with van der Waals surface area (Å²) in [6.45, 7) is 1.76. The van der Waals surface area contributed by atoms with Gasteiger partial charge in [-0.05, 0) is 18.6 Å². The second-order valence-corrected chi connectivity index (χ2v) is 2.84. The first-order chi connectivity index (χ1) is 6.20. The van der Waals surface area contributed by atoms with E-state index in [9.17, 15) is 4.79 Å². The Morgan fingerprint density at radius 2 is 2.38 bits per heavy atom. The number of carboxylic acid groups (broad SMARTS) is 1. The molecule has 13 heavy (non-hydrogen) atoms. The highest BCUT2D eigenvalue weighted by Gasteiger charge is 2.11. The van der Waals surface area contributed by atoms with E-state index in [1.54, 1.807) is 13.1 Å². The molecule has 2 aromatic rings. The van der Waals surface area contributed by atoms with Gasteiger partial charge in [-0.2, -0.15) is 0 Å². The Morgan fingerprint density at radius 3 is 3.08 bits per heavy atom. The quantitative estimate of drug-likeness (QED) is 0.693. The van der Waals surface area contributed by atoms with Gasteiger partial charge in [-0.25, -0.2) is 9.78 Å². The van der Waals surface area contributed by atoms with Crippen LogP contribution in [-0.2, 0) is 0 Å². The molecule has 66 valence electrons. The minimum absolute atomic E-state index is 0.118. The van der Waals surface area contributed by atoms with Gasteiger partial charge in [-0.15, -0.1) is 0 Å². The fraction of sp³-hybridized carbons (Fsp3) is 0.111. The van der Waals surface area contributed by atoms with Crippen LogP contribution in [-0.4, -0.2) is 21.0 Å². The maximum atomic E-state index is 10.7. The molecular weight excluding hydrogens is 168 g/mol. The molecule has 2 aromatic heterocycles. The fourth-order valence-electron chi connectivity index (χ4n) is 1.39. The van der Waals surface area contributed by atoms with Crippen LogP contribution >= 0.6 is 0 Å². The molecule has 0 spiro atoms. The number of aromatic carboxylic acids is 1. The van der Waals surface area contributed by atoms with Crippen molar-refractivity contribution in [2.45, 2.75) is 6.92 Å². The predicted octanol–water partition coefficient (Wildman–Crippen LogP) is 1.57. The van der Waals surface area contributed by atoms with Crippen LogP contribution < -0.4 is 0 Å². The first-order valence-corrected chi connectivity index (χ1v) is 3.86. The van der Waals surface area contributed by atoms with Crippen molar-refractivity contribution in [2.24, 2.45) is 0 Å². The Labute approximate surface area is 74.2 Å². The van der Waals surface area contributed by atoms with Gasteiger partial charge in [0.25, 0.3) is 0 Å². The Kier molecular flexibility index (Phi) is 1.55. The van der Waals surface area contributed by atoms with Crippen LogP contribution in [0.5, 0.6) is 0 Å². The van der Waals surface area contributed by atoms with E-state index in [0.29, 0.717) is 5.56 Å². The number of nitrogens with zero attached hydrogens (tertiary/aromatic N) is 1. The lowest BCUT2D eigenvalue weighted by Crippen LogP contribution is -2.02. The standard InChI is InChI=1S/C9H8N2O2/c1-5-6-2-3-10-7(6)4-11-8(5)9(12)13/h2-4,10H,1H3,(H,12,13). The maximum Gasteiger partial charge on any atom is 0.354 e. The molecule has 0 saturated heterocycles. The number of hydrogen-bond donors (Lipinski definition) is 2. The smallest absolute Gasteiger partial charge is 0.354 e. The normalized spacial score (nSPS) is 10.5. The lowest BCUT2D eigenvalue weighted by molar-refractivity contribution is 0.0690. The lowest BCUT2D eigenvalue weighted by atomic mass is 10.1. The number of H-pyrrole nitrogens is 1. The molecule has 0 aliphatic heterocycles. The molecule has 2 heterocycles. The number of fused-ring (bicyclic) bond motifs is 1. The average Bonchev–Trinajstić information content (AvgIpc) is 2.52. The first-order valence-electron chi connectivity index (χ1n) is 3.86. The van der Waals surface area contributed by atoms with Crippen LogP contribution in [0.25, 0.3) is 10.9 Å². The van der Waals surface area contributed by atoms with Gasteiger partial charge < -0.3 is 10.1 Å². The van der Waals surface area contributed by atoms with Crippen molar-refractivity contribution in [1.29, 1.82) is 0 Å². The average molecular weight is 176 g/mol. The van der Waals surface area contributed by atoms with Crippen LogP contribution in [0.2, 0.25) is 0 Å². The largest absolute Gasteiger partial charge is 0.477 e. The minimum Gasteiger partial charge on any atom is -0.477 e. The third-order valence-electron chi connectivity index (χ3n) is 2.06. The maximum absolute atomic E-state index is 10.7. The number of aryl methyl sites for hydroxylation is 1. The molecule has 0 aromatic carbocycles. The summed E-state index contributed by atoms with van der Waals surface area (Å²) in [5, 5.41) is 9.70. The molecule has 0 fully saturated rings. The minimum atomic E-state index is -0.986. The van der Waals surface area contributed by atoms with Gasteiger partial charge >= 0.3 is 5.97 Å². The molecule has 4 nitrogen and oxygen atoms in total. The topological polar surface area (TPSA) is 66.0 Å². The zero-order valence-electron chi connectivity index (χ0n) is 7.03. The number of carbonyl (C=O) groups is 1. The number of rotatable bonds is 1. The third kappa shape index (κ3) is 1.07. The molecule has 4 heteroatoms. The van der Waals surface area contributed by atoms with Crippen LogP contribution in [0.4, 0.5) is 0 Å². The number of nitrogens with one attached hydrogen (secondary N) is 1. The zero-order valence-corrected chi connectivity index (χ0v) is 7.03. The number of aromatic nitrogens is 2. The van der Waals surface area contributed by atoms with Crippen molar-refractivity contribution in [3.05, 3.63) is 29.7 Å². The summed E-state index contributed by atoms with van der Waals surface area (Å²) in [5.41, 5.74) is 1.68. The highest BCUT2D eigenvalue weighted by atomic mass is 16.4. The van der Waals surface area contributed by atoms with E-state index in [4.69, 9.17) is 5.11 Å². The van der Waals surface area contributed by atoms with E-state index < -0.39 is 5.97 Å². The number of pyridine rings is 1. The number of aromatic amines is 1. The van der Waals surface area contributed by atoms with Gasteiger partial charge in [0.2, 0.25) is 0 Å². The van der Waals surface area contributed by atoms with Crippen molar-refractivity contribution in [3.63, 3.8) is 0 Å². The van der Waals surface area contributed by atoms with Gasteiger partial charge in [0, 0.05) is 11.6 Å². The molecule has 0 atom stereocenters. The Morgan fingerprint density at radius 1 is 1.62 bits per heavy atom. The number of hydrogen-bond acceptors (Lipinski definition) is 2. The van der Waals surface area contributed by atoms with Crippen molar-refractivity contribution < 1.29 is 9.90 Å². The Hall–Kier alpha value is -1.84. The van der Waals surface area contributed by atoms with Gasteiger partial charge in [0.1, 0.15) is 0 Å². The van der Waals surface area contributed by atoms with Crippen LogP contribution in [0, 0.1) is 6.92 Å². The van der Waals surface area contributed by atoms with Gasteiger partial charge in [0.15, 0.2) is 5.69 Å². The molecule has 0 bridgehead atoms. The van der Waals surface area contributed by atoms with Crippen molar-refractivity contribution in [3.8, 4) is 0 Å². The van der Waals surface area contributed by atoms with Gasteiger partial charge in [0.05, 0.1) is 11.7 Å². The Balaban J connectivity index is 2.80. The molecule has 0 unspecified atom stereocenters. The van der Waals surface area contributed by atoms with Crippen LogP contribution in [0.1, 0.15) is 16.1 Å². The van der Waals surface area contributed by atoms with Crippen molar-refractivity contribution >= 4 is 16.9 Å². The number of carboxylic acids is 1. The molecule has 0 aliphatic rings. The molecule has 0 aliphatic carbocycles. The summed E-state index contributed by atoms with van der Waals surface area (Å²) in [7, 11) is 0. The summed E-state index contributed by atoms with van der Waals surface area (Å²) in [6, 6.07) is 1.85. The Bertz CT molecular complexity index is 473. The first kappa shape index (κ1) is 7.79. The molecule has 0 saturated carbocycles. The second-order valence-electron chi connectivity index (χ2n) is 2.84. The van der Waals surface area contributed by atoms with Gasteiger partial charge in [-0.1, -0.05) is 0 Å². The van der Waals surface area contributed by atoms with Gasteiger partial charge in [-0.3, -0.25) is 0 Å². The van der Waals surface area contributed by atoms with E-state index in [1.165, 1.54) is 6.20 Å². The van der Waals surface area contributed by atoms with E-state index in [2.05, 4.69) is 9.97 Å². The van der Waals surface area contributed by atoms with E-state index >= 15 is 0 Å². The summed E-state index contributed by atoms with van der Waals surface area (Å²) < 4.78 is 0. The highest BCUT2D eigenvalue weighted by molar-refractivity contribution is 5.94. The molecule has 0 amide bonds. The summed E-state index contributed by atoms with van der Waals surface area (Å²) in [6.07, 6.45) is 3.30. The lowest BCUT2D eigenvalue weighted by Gasteiger charge is -1.99. The van der Waals surface area contributed by atoms with E-state index in [-0.39, 0.29) is 5.69 Å². The second kappa shape index (κ2) is 2.58. The molecular formula is C9H8N2O2. The third-order valence-corrected chi connectivity index (χ3v) is 2.06. The fourth-order valence-corrected chi connectivity index (χ4v) is 1.39. The predicted molar refractivity (Wildman–Crippen MR) is 47.8 cm³/mol. The molecule has 0 radical (unpaired) electrons. The SMILES string of the molecule is Cc1c(C(=O)O)ncc2[nH]ccc12.